The summed E-state index contributed by atoms with van der Waals surface area (Å²) in [5.41, 5.74) is 2.89. The molecule has 0 radical (unpaired) electrons. The first-order valence-corrected chi connectivity index (χ1v) is 8.13. The number of fused-ring (bicyclic) bond motifs is 1. The van der Waals surface area contributed by atoms with E-state index in [-0.39, 0.29) is 5.91 Å². The molecule has 1 aromatic carbocycles. The van der Waals surface area contributed by atoms with E-state index >= 15 is 0 Å². The second-order valence-electron chi connectivity index (χ2n) is 5.46. The lowest BCUT2D eigenvalue weighted by Crippen LogP contribution is -2.28. The number of anilines is 1. The molecular weight excluding hydrogens is 302 g/mol. The third-order valence-electron chi connectivity index (χ3n) is 3.97. The lowest BCUT2D eigenvalue weighted by molar-refractivity contribution is 0.0986. The molecule has 0 unspecified atom stereocenters. The smallest absolute Gasteiger partial charge is 0.276 e. The summed E-state index contributed by atoms with van der Waals surface area (Å²) < 4.78 is 7.47. The molecule has 3 aromatic rings. The second-order valence-corrected chi connectivity index (χ2v) is 5.46. The van der Waals surface area contributed by atoms with Crippen LogP contribution in [0.2, 0.25) is 0 Å². The van der Waals surface area contributed by atoms with E-state index < -0.39 is 0 Å². The molecule has 0 fully saturated rings. The van der Waals surface area contributed by atoms with Crippen molar-refractivity contribution < 1.29 is 9.53 Å². The Morgan fingerprint density at radius 1 is 1.17 bits per heavy atom. The Labute approximate surface area is 141 Å². The molecule has 5 heteroatoms. The molecular formula is C19H21N3O2. The van der Waals surface area contributed by atoms with Gasteiger partial charge in [0, 0.05) is 18.9 Å². The van der Waals surface area contributed by atoms with E-state index in [4.69, 9.17) is 4.74 Å². The van der Waals surface area contributed by atoms with Crippen LogP contribution in [0, 0.1) is 0 Å². The monoisotopic (exact) mass is 323 g/mol. The number of benzene rings is 1. The number of pyridine rings is 1. The highest BCUT2D eigenvalue weighted by Crippen LogP contribution is 2.24. The minimum Gasteiger partial charge on any atom is -0.490 e. The van der Waals surface area contributed by atoms with Crippen molar-refractivity contribution in [3.05, 3.63) is 60.0 Å². The maximum absolute atomic E-state index is 13.1. The predicted octanol–water partition coefficient (Wildman–Crippen LogP) is 3.57. The summed E-state index contributed by atoms with van der Waals surface area (Å²) in [6.07, 6.45) is 2.53. The van der Waals surface area contributed by atoms with Crippen LogP contribution in [0.1, 0.15) is 30.0 Å². The second kappa shape index (κ2) is 6.74. The first-order chi connectivity index (χ1) is 11.7. The fraction of sp³-hybridized carbons (Fsp3) is 0.263. The van der Waals surface area contributed by atoms with Crippen LogP contribution in [0.15, 0.2) is 48.7 Å². The van der Waals surface area contributed by atoms with Crippen molar-refractivity contribution in [2.75, 3.05) is 18.6 Å². The van der Waals surface area contributed by atoms with Crippen LogP contribution in [0.5, 0.6) is 5.75 Å². The van der Waals surface area contributed by atoms with E-state index in [1.165, 1.54) is 0 Å². The molecule has 24 heavy (non-hydrogen) atoms. The number of para-hydroxylation sites is 1. The van der Waals surface area contributed by atoms with Gasteiger partial charge in [0.25, 0.3) is 5.91 Å². The third kappa shape index (κ3) is 2.73. The van der Waals surface area contributed by atoms with Gasteiger partial charge in [0.05, 0.1) is 12.3 Å². The lowest BCUT2D eigenvalue weighted by atomic mass is 10.2. The highest BCUT2D eigenvalue weighted by molar-refractivity contribution is 6.06. The summed E-state index contributed by atoms with van der Waals surface area (Å²) in [7, 11) is 1.78. The normalized spacial score (nSPS) is 10.8. The van der Waals surface area contributed by atoms with Gasteiger partial charge in [-0.05, 0) is 37.6 Å². The number of ether oxygens (including phenoxy) is 1. The van der Waals surface area contributed by atoms with Gasteiger partial charge in [0.15, 0.2) is 11.4 Å². The number of amides is 1. The number of rotatable bonds is 5. The molecule has 3 rings (SSSR count). The maximum atomic E-state index is 13.1. The number of imidazole rings is 1. The molecule has 0 aliphatic rings. The Morgan fingerprint density at radius 3 is 2.58 bits per heavy atom. The largest absolute Gasteiger partial charge is 0.490 e. The number of carbonyl (C=O) groups is 1. The number of hydrogen-bond donors (Lipinski definition) is 0. The van der Waals surface area contributed by atoms with Gasteiger partial charge in [-0.2, -0.15) is 0 Å². The highest BCUT2D eigenvalue weighted by Gasteiger charge is 2.23. The van der Waals surface area contributed by atoms with E-state index in [9.17, 15) is 4.79 Å². The van der Waals surface area contributed by atoms with Crippen molar-refractivity contribution in [3.8, 4) is 5.75 Å². The van der Waals surface area contributed by atoms with Crippen molar-refractivity contribution in [1.82, 2.24) is 9.38 Å². The molecule has 1 amide bonds. The summed E-state index contributed by atoms with van der Waals surface area (Å²) in [6.45, 7) is 4.49. The van der Waals surface area contributed by atoms with Gasteiger partial charge in [0.1, 0.15) is 5.69 Å². The molecule has 5 nitrogen and oxygen atoms in total. The van der Waals surface area contributed by atoms with Gasteiger partial charge in [-0.1, -0.05) is 25.1 Å². The third-order valence-corrected chi connectivity index (χ3v) is 3.97. The van der Waals surface area contributed by atoms with E-state index in [0.29, 0.717) is 30.1 Å². The standard InChI is InChI=1S/C19H21N3O2/c1-4-15-17(19(23)21(3)14-10-7-6-8-11-14)22-13-9-12-16(24-5-2)18(22)20-15/h6-13H,4-5H2,1-3H3. The summed E-state index contributed by atoms with van der Waals surface area (Å²) in [5, 5.41) is 0. The molecule has 2 heterocycles. The zero-order valence-corrected chi connectivity index (χ0v) is 14.2. The topological polar surface area (TPSA) is 46.8 Å². The number of aromatic nitrogens is 2. The van der Waals surface area contributed by atoms with Crippen LogP contribution in [0.4, 0.5) is 5.69 Å². The maximum Gasteiger partial charge on any atom is 0.276 e. The van der Waals surface area contributed by atoms with Crippen LogP contribution in [0.3, 0.4) is 0 Å². The van der Waals surface area contributed by atoms with Crippen molar-refractivity contribution in [2.45, 2.75) is 20.3 Å². The van der Waals surface area contributed by atoms with Gasteiger partial charge in [0.2, 0.25) is 0 Å². The van der Waals surface area contributed by atoms with Gasteiger partial charge in [-0.3, -0.25) is 9.20 Å². The quantitative estimate of drug-likeness (QED) is 0.721. The average Bonchev–Trinajstić information content (AvgIpc) is 3.01. The van der Waals surface area contributed by atoms with Crippen LogP contribution in [-0.2, 0) is 6.42 Å². The predicted molar refractivity (Wildman–Crippen MR) is 94.9 cm³/mol. The molecule has 0 spiro atoms. The Morgan fingerprint density at radius 2 is 1.92 bits per heavy atom. The van der Waals surface area contributed by atoms with Crippen LogP contribution in [0.25, 0.3) is 5.65 Å². The van der Waals surface area contributed by atoms with Crippen molar-refractivity contribution >= 4 is 17.2 Å². The van der Waals surface area contributed by atoms with E-state index in [2.05, 4.69) is 4.98 Å². The van der Waals surface area contributed by atoms with E-state index in [0.717, 1.165) is 11.4 Å². The molecule has 124 valence electrons. The molecule has 0 saturated carbocycles. The molecule has 0 atom stereocenters. The van der Waals surface area contributed by atoms with Crippen LogP contribution < -0.4 is 9.64 Å². The number of hydrogen-bond acceptors (Lipinski definition) is 3. The van der Waals surface area contributed by atoms with Gasteiger partial charge < -0.3 is 9.64 Å². The van der Waals surface area contributed by atoms with Crippen molar-refractivity contribution in [3.63, 3.8) is 0 Å². The van der Waals surface area contributed by atoms with Crippen molar-refractivity contribution in [1.29, 1.82) is 0 Å². The van der Waals surface area contributed by atoms with E-state index in [1.54, 1.807) is 11.9 Å². The average molecular weight is 323 g/mol. The van der Waals surface area contributed by atoms with E-state index in [1.807, 2.05) is 66.9 Å². The van der Waals surface area contributed by atoms with Crippen LogP contribution >= 0.6 is 0 Å². The summed E-state index contributed by atoms with van der Waals surface area (Å²) in [4.78, 5) is 19.4. The molecule has 0 N–H and O–H groups in total. The van der Waals surface area contributed by atoms with Gasteiger partial charge in [-0.25, -0.2) is 4.98 Å². The highest BCUT2D eigenvalue weighted by atomic mass is 16.5. The fourth-order valence-corrected chi connectivity index (χ4v) is 2.76. The first-order valence-electron chi connectivity index (χ1n) is 8.13. The zero-order valence-electron chi connectivity index (χ0n) is 14.2. The molecule has 0 aliphatic carbocycles. The number of carbonyl (C=O) groups excluding carboxylic acids is 1. The Bertz CT molecular complexity index is 856. The summed E-state index contributed by atoms with van der Waals surface area (Å²) >= 11 is 0. The van der Waals surface area contributed by atoms with Crippen LogP contribution in [-0.4, -0.2) is 28.9 Å². The summed E-state index contributed by atoms with van der Waals surface area (Å²) in [5.74, 6) is 0.607. The SMILES string of the molecule is CCOc1cccn2c(C(=O)N(C)c3ccccc3)c(CC)nc12. The molecule has 0 bridgehead atoms. The lowest BCUT2D eigenvalue weighted by Gasteiger charge is -2.17. The zero-order chi connectivity index (χ0) is 17.1. The van der Waals surface area contributed by atoms with Crippen molar-refractivity contribution in [2.24, 2.45) is 0 Å². The fourth-order valence-electron chi connectivity index (χ4n) is 2.76. The number of aryl methyl sites for hydroxylation is 1. The first kappa shape index (κ1) is 16.1. The minimum absolute atomic E-state index is 0.0841. The molecule has 2 aromatic heterocycles. The van der Waals surface area contributed by atoms with Gasteiger partial charge in [-0.15, -0.1) is 0 Å². The Hall–Kier alpha value is -2.82. The Balaban J connectivity index is 2.11. The summed E-state index contributed by atoms with van der Waals surface area (Å²) in [6, 6.07) is 13.3. The number of nitrogens with zero attached hydrogens (tertiary/aromatic N) is 3. The minimum atomic E-state index is -0.0841. The Kier molecular flexibility index (Phi) is 4.51. The molecule has 0 aliphatic heterocycles. The molecule has 0 saturated heterocycles. The van der Waals surface area contributed by atoms with Gasteiger partial charge >= 0.3 is 0 Å².